The van der Waals surface area contributed by atoms with Crippen molar-refractivity contribution in [2.24, 2.45) is 11.7 Å². The topological polar surface area (TPSA) is 49.5 Å². The minimum atomic E-state index is 0.235. The number of rotatable bonds is 3. The second kappa shape index (κ2) is 5.07. The summed E-state index contributed by atoms with van der Waals surface area (Å²) in [7, 11) is 0. The lowest BCUT2D eigenvalue weighted by atomic mass is 10.0. The second-order valence-electron chi connectivity index (χ2n) is 5.03. The third-order valence-electron chi connectivity index (χ3n) is 3.88. The zero-order valence-electron chi connectivity index (χ0n) is 10.7. The van der Waals surface area contributed by atoms with E-state index < -0.39 is 0 Å². The number of aliphatic hydroxyl groups is 1. The zero-order chi connectivity index (χ0) is 12.4. The van der Waals surface area contributed by atoms with Gasteiger partial charge in [-0.3, -0.25) is 0 Å². The normalized spacial score (nSPS) is 24.4. The van der Waals surface area contributed by atoms with Crippen LogP contribution >= 0.6 is 0 Å². The lowest BCUT2D eigenvalue weighted by Crippen LogP contribution is -2.35. The van der Waals surface area contributed by atoms with Crippen LogP contribution in [0, 0.1) is 12.8 Å². The Hall–Kier alpha value is -1.06. The van der Waals surface area contributed by atoms with Crippen LogP contribution in [0.4, 0.5) is 5.69 Å². The van der Waals surface area contributed by atoms with Crippen molar-refractivity contribution in [3.63, 3.8) is 0 Å². The van der Waals surface area contributed by atoms with E-state index in [1.54, 1.807) is 0 Å². The molecule has 2 rings (SSSR count). The molecule has 3 N–H and O–H groups in total. The minimum Gasteiger partial charge on any atom is -0.394 e. The van der Waals surface area contributed by atoms with Gasteiger partial charge in [-0.2, -0.15) is 0 Å². The molecule has 1 heterocycles. The number of aliphatic hydroxyl groups excluding tert-OH is 1. The molecule has 0 aromatic heterocycles. The van der Waals surface area contributed by atoms with Crippen LogP contribution in [-0.2, 0) is 6.54 Å². The van der Waals surface area contributed by atoms with Gasteiger partial charge in [0.2, 0.25) is 0 Å². The van der Waals surface area contributed by atoms with Gasteiger partial charge in [-0.15, -0.1) is 0 Å². The summed E-state index contributed by atoms with van der Waals surface area (Å²) in [6.07, 6.45) is 1.16. The smallest absolute Gasteiger partial charge is 0.0637 e. The van der Waals surface area contributed by atoms with Crippen molar-refractivity contribution in [2.45, 2.75) is 32.9 Å². The summed E-state index contributed by atoms with van der Waals surface area (Å²) < 4.78 is 0. The van der Waals surface area contributed by atoms with E-state index >= 15 is 0 Å². The summed E-state index contributed by atoms with van der Waals surface area (Å²) in [6, 6.07) is 6.63. The van der Waals surface area contributed by atoms with Gasteiger partial charge in [0.05, 0.1) is 12.6 Å². The number of hydrogen-bond donors (Lipinski definition) is 2. The molecule has 94 valence electrons. The van der Waals surface area contributed by atoms with Gasteiger partial charge < -0.3 is 15.7 Å². The summed E-state index contributed by atoms with van der Waals surface area (Å²) in [5, 5.41) is 9.50. The first-order valence-corrected chi connectivity index (χ1v) is 6.34. The molecule has 0 radical (unpaired) electrons. The van der Waals surface area contributed by atoms with E-state index in [0.717, 1.165) is 13.0 Å². The lowest BCUT2D eigenvalue weighted by Gasteiger charge is -2.29. The third-order valence-corrected chi connectivity index (χ3v) is 3.88. The molecule has 17 heavy (non-hydrogen) atoms. The fraction of sp³-hybridized carbons (Fsp3) is 0.571. The van der Waals surface area contributed by atoms with Crippen molar-refractivity contribution in [3.8, 4) is 0 Å². The minimum absolute atomic E-state index is 0.235. The van der Waals surface area contributed by atoms with Gasteiger partial charge in [-0.1, -0.05) is 19.1 Å². The number of nitrogens with zero attached hydrogens (tertiary/aromatic N) is 1. The third kappa shape index (κ3) is 2.31. The Kier molecular flexibility index (Phi) is 3.69. The molecule has 0 bridgehead atoms. The number of benzene rings is 1. The van der Waals surface area contributed by atoms with Crippen molar-refractivity contribution in [2.75, 3.05) is 18.1 Å². The van der Waals surface area contributed by atoms with Crippen molar-refractivity contribution in [1.29, 1.82) is 0 Å². The highest BCUT2D eigenvalue weighted by Gasteiger charge is 2.31. The summed E-state index contributed by atoms with van der Waals surface area (Å²) in [5.74, 6) is 0.564. The van der Waals surface area contributed by atoms with Crippen LogP contribution in [0.3, 0.4) is 0 Å². The lowest BCUT2D eigenvalue weighted by molar-refractivity contribution is 0.244. The van der Waals surface area contributed by atoms with Gasteiger partial charge in [0, 0.05) is 18.8 Å². The molecular weight excluding hydrogens is 212 g/mol. The van der Waals surface area contributed by atoms with Crippen LogP contribution in [0.2, 0.25) is 0 Å². The standard InChI is InChI=1S/C14H22N2O/c1-10-5-6-16(14(10)9-17)13-4-3-12(8-15)7-11(13)2/h3-4,7,10,14,17H,5-6,8-9,15H2,1-2H3. The Balaban J connectivity index is 2.28. The molecule has 0 spiro atoms. The Morgan fingerprint density at radius 1 is 1.47 bits per heavy atom. The van der Waals surface area contributed by atoms with E-state index in [4.69, 9.17) is 5.73 Å². The van der Waals surface area contributed by atoms with Crippen LogP contribution < -0.4 is 10.6 Å². The first kappa shape index (κ1) is 12.4. The fourth-order valence-corrected chi connectivity index (χ4v) is 2.75. The van der Waals surface area contributed by atoms with Gasteiger partial charge in [-0.05, 0) is 36.5 Å². The van der Waals surface area contributed by atoms with Crippen molar-refractivity contribution in [3.05, 3.63) is 29.3 Å². The number of hydrogen-bond acceptors (Lipinski definition) is 3. The molecule has 1 aromatic rings. The van der Waals surface area contributed by atoms with Gasteiger partial charge >= 0.3 is 0 Å². The second-order valence-corrected chi connectivity index (χ2v) is 5.03. The van der Waals surface area contributed by atoms with Crippen LogP contribution in [0.25, 0.3) is 0 Å². The molecule has 0 aliphatic carbocycles. The highest BCUT2D eigenvalue weighted by atomic mass is 16.3. The molecule has 2 atom stereocenters. The monoisotopic (exact) mass is 234 g/mol. The first-order valence-electron chi connectivity index (χ1n) is 6.34. The first-order chi connectivity index (χ1) is 8.17. The molecular formula is C14H22N2O. The Labute approximate surface area is 103 Å². The fourth-order valence-electron chi connectivity index (χ4n) is 2.75. The Bertz CT molecular complexity index is 392. The van der Waals surface area contributed by atoms with Crippen molar-refractivity contribution < 1.29 is 5.11 Å². The largest absolute Gasteiger partial charge is 0.394 e. The summed E-state index contributed by atoms with van der Waals surface area (Å²) in [6.45, 7) is 6.19. The van der Waals surface area contributed by atoms with E-state index in [1.165, 1.54) is 16.8 Å². The molecule has 3 nitrogen and oxygen atoms in total. The number of nitrogens with two attached hydrogens (primary N) is 1. The van der Waals surface area contributed by atoms with E-state index in [2.05, 4.69) is 36.9 Å². The summed E-state index contributed by atoms with van der Waals surface area (Å²) >= 11 is 0. The van der Waals surface area contributed by atoms with E-state index in [0.29, 0.717) is 12.5 Å². The quantitative estimate of drug-likeness (QED) is 0.836. The predicted molar refractivity (Wildman–Crippen MR) is 71.1 cm³/mol. The zero-order valence-corrected chi connectivity index (χ0v) is 10.7. The molecule has 1 aromatic carbocycles. The highest BCUT2D eigenvalue weighted by Crippen LogP contribution is 2.31. The Morgan fingerprint density at radius 3 is 2.82 bits per heavy atom. The maximum atomic E-state index is 9.50. The van der Waals surface area contributed by atoms with Gasteiger partial charge in [-0.25, -0.2) is 0 Å². The van der Waals surface area contributed by atoms with Crippen molar-refractivity contribution >= 4 is 5.69 Å². The molecule has 1 fully saturated rings. The average molecular weight is 234 g/mol. The van der Waals surface area contributed by atoms with E-state index in [-0.39, 0.29) is 12.6 Å². The SMILES string of the molecule is Cc1cc(CN)ccc1N1CCC(C)C1CO. The molecule has 2 unspecified atom stereocenters. The highest BCUT2D eigenvalue weighted by molar-refractivity contribution is 5.56. The molecule has 0 saturated carbocycles. The molecule has 0 amide bonds. The molecule has 1 aliphatic heterocycles. The Morgan fingerprint density at radius 2 is 2.24 bits per heavy atom. The predicted octanol–water partition coefficient (Wildman–Crippen LogP) is 1.66. The van der Waals surface area contributed by atoms with E-state index in [9.17, 15) is 5.11 Å². The van der Waals surface area contributed by atoms with Crippen LogP contribution in [0.5, 0.6) is 0 Å². The van der Waals surface area contributed by atoms with Gasteiger partial charge in [0.25, 0.3) is 0 Å². The maximum absolute atomic E-state index is 9.50. The average Bonchev–Trinajstić information content (AvgIpc) is 2.70. The number of aryl methyl sites for hydroxylation is 1. The summed E-state index contributed by atoms with van der Waals surface area (Å²) in [5.41, 5.74) is 9.30. The van der Waals surface area contributed by atoms with E-state index in [1.807, 2.05) is 0 Å². The molecule has 1 aliphatic rings. The van der Waals surface area contributed by atoms with Crippen LogP contribution in [0.1, 0.15) is 24.5 Å². The van der Waals surface area contributed by atoms with Crippen molar-refractivity contribution in [1.82, 2.24) is 0 Å². The summed E-state index contributed by atoms with van der Waals surface area (Å²) in [4.78, 5) is 2.33. The van der Waals surface area contributed by atoms with Gasteiger partial charge in [0.1, 0.15) is 0 Å². The van der Waals surface area contributed by atoms with Crippen LogP contribution in [-0.4, -0.2) is 24.3 Å². The van der Waals surface area contributed by atoms with Crippen LogP contribution in [0.15, 0.2) is 18.2 Å². The molecule has 3 heteroatoms. The molecule has 1 saturated heterocycles. The number of anilines is 1. The maximum Gasteiger partial charge on any atom is 0.0637 e. The van der Waals surface area contributed by atoms with Gasteiger partial charge in [0.15, 0.2) is 0 Å².